The Hall–Kier alpha value is -2.41. The van der Waals surface area contributed by atoms with E-state index in [1.54, 1.807) is 26.0 Å². The molecular formula is C16H23N3O4. The number of primary amides is 1. The number of benzene rings is 1. The normalized spacial score (nSPS) is 14.6. The maximum atomic E-state index is 12.1. The number of nitrogens with two attached hydrogens (primary N) is 2. The molecule has 0 spiro atoms. The fourth-order valence-corrected chi connectivity index (χ4v) is 1.98. The van der Waals surface area contributed by atoms with E-state index in [1.165, 1.54) is 12.1 Å². The lowest BCUT2D eigenvalue weighted by molar-refractivity contribution is -0.131. The van der Waals surface area contributed by atoms with Crippen molar-refractivity contribution in [3.8, 4) is 5.75 Å². The summed E-state index contributed by atoms with van der Waals surface area (Å²) in [6, 6.07) is 4.73. The molecule has 0 unspecified atom stereocenters. The van der Waals surface area contributed by atoms with Crippen LogP contribution in [0.15, 0.2) is 24.3 Å². The monoisotopic (exact) mass is 321 g/mol. The molecule has 0 saturated carbocycles. The first-order chi connectivity index (χ1) is 10.7. The van der Waals surface area contributed by atoms with Crippen LogP contribution in [0.1, 0.15) is 25.8 Å². The van der Waals surface area contributed by atoms with Crippen molar-refractivity contribution in [2.75, 3.05) is 0 Å². The molecule has 7 nitrogen and oxygen atoms in total. The molecule has 0 heterocycles. The first-order valence-electron chi connectivity index (χ1n) is 7.36. The first-order valence-corrected chi connectivity index (χ1v) is 7.36. The minimum Gasteiger partial charge on any atom is -0.508 e. The van der Waals surface area contributed by atoms with Gasteiger partial charge in [0.05, 0.1) is 6.04 Å². The Morgan fingerprint density at radius 3 is 2.22 bits per heavy atom. The van der Waals surface area contributed by atoms with Crippen LogP contribution in [0.4, 0.5) is 0 Å². The maximum absolute atomic E-state index is 12.1. The molecule has 0 aliphatic carbocycles. The summed E-state index contributed by atoms with van der Waals surface area (Å²) < 4.78 is 0. The molecule has 0 saturated heterocycles. The van der Waals surface area contributed by atoms with Gasteiger partial charge in [0.2, 0.25) is 11.8 Å². The van der Waals surface area contributed by atoms with Gasteiger partial charge in [-0.1, -0.05) is 19.1 Å². The average Bonchev–Trinajstić information content (AvgIpc) is 2.48. The molecular weight excluding hydrogens is 298 g/mol. The molecule has 0 bridgehead atoms. The summed E-state index contributed by atoms with van der Waals surface area (Å²) in [5, 5.41) is 11.8. The Bertz CT molecular complexity index is 569. The van der Waals surface area contributed by atoms with E-state index in [2.05, 4.69) is 5.32 Å². The second-order valence-electron chi connectivity index (χ2n) is 5.69. The number of Topliss-reactive ketones (excluding diaryl/α,β-unsaturated/α-hetero) is 1. The SMILES string of the molecule is C[C@H](N)C(=O)C[C@@H](C)C(=O)N[C@@H](Cc1ccc(O)cc1)C(N)=O. The first kappa shape index (κ1) is 18.6. The van der Waals surface area contributed by atoms with Gasteiger partial charge in [-0.15, -0.1) is 0 Å². The summed E-state index contributed by atoms with van der Waals surface area (Å²) in [4.78, 5) is 35.2. The van der Waals surface area contributed by atoms with E-state index in [-0.39, 0.29) is 24.4 Å². The summed E-state index contributed by atoms with van der Waals surface area (Å²) in [5.41, 5.74) is 11.5. The summed E-state index contributed by atoms with van der Waals surface area (Å²) in [5.74, 6) is -1.81. The van der Waals surface area contributed by atoms with Gasteiger partial charge in [0.15, 0.2) is 0 Å². The van der Waals surface area contributed by atoms with Crippen LogP contribution in [0, 0.1) is 5.92 Å². The Balaban J connectivity index is 2.68. The molecule has 1 aromatic rings. The second-order valence-corrected chi connectivity index (χ2v) is 5.69. The molecule has 0 aliphatic heterocycles. The summed E-state index contributed by atoms with van der Waals surface area (Å²) in [7, 11) is 0. The topological polar surface area (TPSA) is 136 Å². The smallest absolute Gasteiger partial charge is 0.240 e. The number of rotatable bonds is 8. The average molecular weight is 321 g/mol. The molecule has 0 radical (unpaired) electrons. The largest absolute Gasteiger partial charge is 0.508 e. The molecule has 1 aromatic carbocycles. The van der Waals surface area contributed by atoms with Crippen molar-refractivity contribution < 1.29 is 19.5 Å². The number of carbonyl (C=O) groups is 3. The molecule has 2 amide bonds. The second kappa shape index (κ2) is 8.28. The third-order valence-corrected chi connectivity index (χ3v) is 3.50. The quantitative estimate of drug-likeness (QED) is 0.528. The summed E-state index contributed by atoms with van der Waals surface area (Å²) in [6.45, 7) is 3.15. The molecule has 7 heteroatoms. The minimum absolute atomic E-state index is 0.00813. The van der Waals surface area contributed by atoms with Gasteiger partial charge in [-0.25, -0.2) is 0 Å². The van der Waals surface area contributed by atoms with Gasteiger partial charge < -0.3 is 21.9 Å². The van der Waals surface area contributed by atoms with E-state index in [1.807, 2.05) is 0 Å². The van der Waals surface area contributed by atoms with Crippen LogP contribution in [-0.4, -0.2) is 34.8 Å². The predicted octanol–water partition coefficient (Wildman–Crippen LogP) is -0.153. The van der Waals surface area contributed by atoms with Crippen LogP contribution in [-0.2, 0) is 20.8 Å². The van der Waals surface area contributed by atoms with Crippen molar-refractivity contribution in [2.45, 2.75) is 38.8 Å². The number of aromatic hydroxyl groups is 1. The molecule has 1 rings (SSSR count). The number of phenols is 1. The molecule has 23 heavy (non-hydrogen) atoms. The lowest BCUT2D eigenvalue weighted by atomic mass is 9.99. The lowest BCUT2D eigenvalue weighted by Gasteiger charge is -2.19. The lowest BCUT2D eigenvalue weighted by Crippen LogP contribution is -2.48. The Labute approximate surface area is 135 Å². The van der Waals surface area contributed by atoms with Crippen LogP contribution in [0.25, 0.3) is 0 Å². The Kier molecular flexibility index (Phi) is 6.71. The molecule has 0 aliphatic rings. The zero-order valence-electron chi connectivity index (χ0n) is 13.3. The fraction of sp³-hybridized carbons (Fsp3) is 0.438. The van der Waals surface area contributed by atoms with Crippen LogP contribution in [0.2, 0.25) is 0 Å². The van der Waals surface area contributed by atoms with Gasteiger partial charge in [0, 0.05) is 18.8 Å². The Morgan fingerprint density at radius 1 is 1.17 bits per heavy atom. The zero-order chi connectivity index (χ0) is 17.6. The molecule has 3 atom stereocenters. The van der Waals surface area contributed by atoms with E-state index < -0.39 is 29.8 Å². The van der Waals surface area contributed by atoms with Crippen molar-refractivity contribution in [3.05, 3.63) is 29.8 Å². The minimum atomic E-state index is -0.889. The molecule has 126 valence electrons. The van der Waals surface area contributed by atoms with E-state index in [0.717, 1.165) is 5.56 Å². The number of ketones is 1. The Morgan fingerprint density at radius 2 is 1.74 bits per heavy atom. The summed E-state index contributed by atoms with van der Waals surface area (Å²) in [6.07, 6.45) is 0.212. The predicted molar refractivity (Wildman–Crippen MR) is 85.4 cm³/mol. The number of carbonyl (C=O) groups excluding carboxylic acids is 3. The van der Waals surface area contributed by atoms with E-state index >= 15 is 0 Å². The van der Waals surface area contributed by atoms with Crippen molar-refractivity contribution >= 4 is 17.6 Å². The number of amides is 2. The molecule has 6 N–H and O–H groups in total. The van der Waals surface area contributed by atoms with E-state index in [4.69, 9.17) is 11.5 Å². The van der Waals surface area contributed by atoms with Crippen molar-refractivity contribution in [2.24, 2.45) is 17.4 Å². The van der Waals surface area contributed by atoms with Crippen LogP contribution in [0.3, 0.4) is 0 Å². The van der Waals surface area contributed by atoms with Gasteiger partial charge in [0.25, 0.3) is 0 Å². The molecule has 0 aromatic heterocycles. The van der Waals surface area contributed by atoms with Crippen molar-refractivity contribution in [1.29, 1.82) is 0 Å². The van der Waals surface area contributed by atoms with Gasteiger partial charge in [-0.05, 0) is 24.6 Å². The highest BCUT2D eigenvalue weighted by molar-refractivity contribution is 5.91. The van der Waals surface area contributed by atoms with Crippen LogP contribution < -0.4 is 16.8 Å². The van der Waals surface area contributed by atoms with Gasteiger partial charge >= 0.3 is 0 Å². The number of phenolic OH excluding ortho intramolecular Hbond substituents is 1. The van der Waals surface area contributed by atoms with Crippen LogP contribution in [0.5, 0.6) is 5.75 Å². The summed E-state index contributed by atoms with van der Waals surface area (Å²) >= 11 is 0. The van der Waals surface area contributed by atoms with E-state index in [0.29, 0.717) is 0 Å². The van der Waals surface area contributed by atoms with Gasteiger partial charge in [0.1, 0.15) is 17.6 Å². The fourth-order valence-electron chi connectivity index (χ4n) is 1.98. The van der Waals surface area contributed by atoms with E-state index in [9.17, 15) is 19.5 Å². The van der Waals surface area contributed by atoms with Gasteiger partial charge in [-0.2, -0.15) is 0 Å². The van der Waals surface area contributed by atoms with Crippen molar-refractivity contribution in [3.63, 3.8) is 0 Å². The zero-order valence-corrected chi connectivity index (χ0v) is 13.3. The highest BCUT2D eigenvalue weighted by atomic mass is 16.3. The third kappa shape index (κ3) is 6.07. The number of nitrogens with one attached hydrogen (secondary N) is 1. The van der Waals surface area contributed by atoms with Crippen molar-refractivity contribution in [1.82, 2.24) is 5.32 Å². The maximum Gasteiger partial charge on any atom is 0.240 e. The van der Waals surface area contributed by atoms with Gasteiger partial charge in [-0.3, -0.25) is 14.4 Å². The highest BCUT2D eigenvalue weighted by Gasteiger charge is 2.24. The third-order valence-electron chi connectivity index (χ3n) is 3.50. The highest BCUT2D eigenvalue weighted by Crippen LogP contribution is 2.12. The number of hydrogen-bond donors (Lipinski definition) is 4. The standard InChI is InChI=1S/C16H23N3O4/c1-9(7-14(21)10(2)17)16(23)19-13(15(18)22)8-11-3-5-12(20)6-4-11/h3-6,9-10,13,20H,7-8,17H2,1-2H3,(H2,18,22)(H,19,23)/t9-,10+,13+/m1/s1. The van der Waals surface area contributed by atoms with Crippen LogP contribution >= 0.6 is 0 Å². The number of hydrogen-bond acceptors (Lipinski definition) is 5. The molecule has 0 fully saturated rings.